The van der Waals surface area contributed by atoms with Gasteiger partial charge < -0.3 is 5.32 Å². The summed E-state index contributed by atoms with van der Waals surface area (Å²) in [4.78, 5) is 0. The molecule has 78 valence electrons. The Kier molecular flexibility index (Phi) is 5.45. The highest BCUT2D eigenvalue weighted by Gasteiger charge is 2.17. The SMILES string of the molecule is CNCCCCC1CCC(C)CC1. The number of nitrogens with one attached hydrogen (secondary N) is 1. The number of unbranched alkanes of at least 4 members (excludes halogenated alkanes) is 1. The fourth-order valence-corrected chi connectivity index (χ4v) is 2.35. The zero-order valence-electron chi connectivity index (χ0n) is 9.31. The number of hydrogen-bond acceptors (Lipinski definition) is 1. The molecule has 0 saturated heterocycles. The van der Waals surface area contributed by atoms with Gasteiger partial charge in [-0.05, 0) is 31.8 Å². The van der Waals surface area contributed by atoms with Crippen LogP contribution in [0.15, 0.2) is 0 Å². The summed E-state index contributed by atoms with van der Waals surface area (Å²) in [5, 5.41) is 3.21. The fourth-order valence-electron chi connectivity index (χ4n) is 2.35. The predicted octanol–water partition coefficient (Wildman–Crippen LogP) is 3.20. The van der Waals surface area contributed by atoms with E-state index < -0.39 is 0 Å². The lowest BCUT2D eigenvalue weighted by molar-refractivity contribution is 0.272. The average Bonchev–Trinajstić information content (AvgIpc) is 2.15. The second kappa shape index (κ2) is 6.42. The summed E-state index contributed by atoms with van der Waals surface area (Å²) in [5.41, 5.74) is 0. The topological polar surface area (TPSA) is 12.0 Å². The largest absolute Gasteiger partial charge is 0.320 e. The summed E-state index contributed by atoms with van der Waals surface area (Å²) in [7, 11) is 2.04. The van der Waals surface area contributed by atoms with E-state index in [0.29, 0.717) is 0 Å². The third-order valence-electron chi connectivity index (χ3n) is 3.42. The maximum absolute atomic E-state index is 3.21. The van der Waals surface area contributed by atoms with Crippen molar-refractivity contribution in [3.8, 4) is 0 Å². The average molecular weight is 183 g/mol. The summed E-state index contributed by atoms with van der Waals surface area (Å²) in [6.07, 6.45) is 10.2. The molecule has 1 saturated carbocycles. The standard InChI is InChI=1S/C12H25N/c1-11-6-8-12(9-7-11)5-3-4-10-13-2/h11-13H,3-10H2,1-2H3. The van der Waals surface area contributed by atoms with Gasteiger partial charge in [-0.25, -0.2) is 0 Å². The van der Waals surface area contributed by atoms with Crippen LogP contribution in [0, 0.1) is 11.8 Å². The molecule has 0 unspecified atom stereocenters. The zero-order chi connectivity index (χ0) is 9.52. The molecule has 0 heterocycles. The van der Waals surface area contributed by atoms with Crippen LogP contribution in [0.5, 0.6) is 0 Å². The first-order valence-electron chi connectivity index (χ1n) is 5.97. The minimum atomic E-state index is 1.01. The zero-order valence-corrected chi connectivity index (χ0v) is 9.31. The highest BCUT2D eigenvalue weighted by Crippen LogP contribution is 2.31. The van der Waals surface area contributed by atoms with Gasteiger partial charge in [-0.3, -0.25) is 0 Å². The van der Waals surface area contributed by atoms with Crippen LogP contribution in [-0.4, -0.2) is 13.6 Å². The molecule has 0 aromatic heterocycles. The third-order valence-corrected chi connectivity index (χ3v) is 3.42. The van der Waals surface area contributed by atoms with Crippen molar-refractivity contribution in [2.24, 2.45) is 11.8 Å². The van der Waals surface area contributed by atoms with E-state index in [2.05, 4.69) is 12.2 Å². The molecule has 1 aliphatic rings. The van der Waals surface area contributed by atoms with Crippen molar-refractivity contribution in [2.45, 2.75) is 51.9 Å². The van der Waals surface area contributed by atoms with Crippen LogP contribution in [0.4, 0.5) is 0 Å². The molecule has 0 aromatic rings. The van der Waals surface area contributed by atoms with E-state index >= 15 is 0 Å². The molecule has 0 spiro atoms. The molecule has 1 aliphatic carbocycles. The highest BCUT2D eigenvalue weighted by molar-refractivity contribution is 4.69. The molecule has 13 heavy (non-hydrogen) atoms. The maximum atomic E-state index is 3.21. The van der Waals surface area contributed by atoms with Gasteiger partial charge in [0.15, 0.2) is 0 Å². The van der Waals surface area contributed by atoms with Gasteiger partial charge in [-0.15, -0.1) is 0 Å². The van der Waals surface area contributed by atoms with Crippen LogP contribution in [-0.2, 0) is 0 Å². The Hall–Kier alpha value is -0.0400. The van der Waals surface area contributed by atoms with E-state index in [9.17, 15) is 0 Å². The van der Waals surface area contributed by atoms with Gasteiger partial charge in [0.25, 0.3) is 0 Å². The quantitative estimate of drug-likeness (QED) is 0.645. The van der Waals surface area contributed by atoms with Crippen molar-refractivity contribution in [3.05, 3.63) is 0 Å². The number of hydrogen-bond donors (Lipinski definition) is 1. The van der Waals surface area contributed by atoms with E-state index in [0.717, 1.165) is 11.8 Å². The van der Waals surface area contributed by atoms with Crippen molar-refractivity contribution in [2.75, 3.05) is 13.6 Å². The van der Waals surface area contributed by atoms with Gasteiger partial charge in [-0.1, -0.05) is 45.4 Å². The Labute approximate surface area is 83.3 Å². The van der Waals surface area contributed by atoms with Crippen molar-refractivity contribution in [1.29, 1.82) is 0 Å². The smallest absolute Gasteiger partial charge is 0.00519 e. The second-order valence-corrected chi connectivity index (χ2v) is 4.73. The highest BCUT2D eigenvalue weighted by atomic mass is 14.8. The summed E-state index contributed by atoms with van der Waals surface area (Å²) in [5.74, 6) is 2.07. The molecule has 1 heteroatoms. The summed E-state index contributed by atoms with van der Waals surface area (Å²) >= 11 is 0. The molecule has 1 fully saturated rings. The van der Waals surface area contributed by atoms with Gasteiger partial charge in [0.05, 0.1) is 0 Å². The predicted molar refractivity (Wildman–Crippen MR) is 58.9 cm³/mol. The fraction of sp³-hybridized carbons (Fsp3) is 1.00. The minimum Gasteiger partial charge on any atom is -0.320 e. The monoisotopic (exact) mass is 183 g/mol. The Morgan fingerprint density at radius 3 is 2.38 bits per heavy atom. The molecule has 0 aliphatic heterocycles. The first-order valence-corrected chi connectivity index (χ1v) is 5.97. The molecule has 0 bridgehead atoms. The van der Waals surface area contributed by atoms with Gasteiger partial charge in [0.1, 0.15) is 0 Å². The van der Waals surface area contributed by atoms with Crippen LogP contribution in [0.3, 0.4) is 0 Å². The maximum Gasteiger partial charge on any atom is -0.00519 e. The minimum absolute atomic E-state index is 1.01. The van der Waals surface area contributed by atoms with E-state index in [4.69, 9.17) is 0 Å². The van der Waals surface area contributed by atoms with Crippen molar-refractivity contribution in [3.63, 3.8) is 0 Å². The molecule has 0 aromatic carbocycles. The van der Waals surface area contributed by atoms with Crippen LogP contribution >= 0.6 is 0 Å². The molecular formula is C12H25N. The van der Waals surface area contributed by atoms with Gasteiger partial charge in [-0.2, -0.15) is 0 Å². The second-order valence-electron chi connectivity index (χ2n) is 4.73. The molecule has 0 radical (unpaired) electrons. The van der Waals surface area contributed by atoms with Gasteiger partial charge in [0, 0.05) is 0 Å². The van der Waals surface area contributed by atoms with Crippen molar-refractivity contribution in [1.82, 2.24) is 5.32 Å². The van der Waals surface area contributed by atoms with Crippen molar-refractivity contribution >= 4 is 0 Å². The lowest BCUT2D eigenvalue weighted by Gasteiger charge is -2.25. The number of rotatable bonds is 5. The lowest BCUT2D eigenvalue weighted by Crippen LogP contribution is -2.13. The molecule has 0 atom stereocenters. The molecule has 0 amide bonds. The Balaban J connectivity index is 1.96. The third kappa shape index (κ3) is 4.66. The Bertz CT molecular complexity index is 114. The van der Waals surface area contributed by atoms with Crippen LogP contribution < -0.4 is 5.32 Å². The molecular weight excluding hydrogens is 158 g/mol. The van der Waals surface area contributed by atoms with Crippen LogP contribution in [0.2, 0.25) is 0 Å². The summed E-state index contributed by atoms with van der Waals surface area (Å²) in [6, 6.07) is 0. The van der Waals surface area contributed by atoms with Gasteiger partial charge in [0.2, 0.25) is 0 Å². The molecule has 1 nitrogen and oxygen atoms in total. The summed E-state index contributed by atoms with van der Waals surface area (Å²) < 4.78 is 0. The van der Waals surface area contributed by atoms with E-state index in [-0.39, 0.29) is 0 Å². The van der Waals surface area contributed by atoms with E-state index in [1.54, 1.807) is 0 Å². The lowest BCUT2D eigenvalue weighted by atomic mass is 9.81. The molecule has 1 N–H and O–H groups in total. The van der Waals surface area contributed by atoms with Crippen molar-refractivity contribution < 1.29 is 0 Å². The Morgan fingerprint density at radius 1 is 1.08 bits per heavy atom. The van der Waals surface area contributed by atoms with Gasteiger partial charge >= 0.3 is 0 Å². The summed E-state index contributed by atoms with van der Waals surface area (Å²) in [6.45, 7) is 3.60. The first-order chi connectivity index (χ1) is 6.33. The van der Waals surface area contributed by atoms with E-state index in [1.165, 1.54) is 51.5 Å². The first kappa shape index (κ1) is 11.0. The Morgan fingerprint density at radius 2 is 1.77 bits per heavy atom. The van der Waals surface area contributed by atoms with Crippen LogP contribution in [0.1, 0.15) is 51.9 Å². The normalized spacial score (nSPS) is 29.1. The molecule has 1 rings (SSSR count). The van der Waals surface area contributed by atoms with E-state index in [1.807, 2.05) is 7.05 Å². The van der Waals surface area contributed by atoms with Crippen LogP contribution in [0.25, 0.3) is 0 Å².